The maximum absolute atomic E-state index is 5.74. The van der Waals surface area contributed by atoms with E-state index in [1.807, 2.05) is 0 Å². The van der Waals surface area contributed by atoms with Gasteiger partial charge in [0, 0.05) is 6.04 Å². The Balaban J connectivity index is 2.45. The molecule has 1 aromatic rings. The molecule has 0 saturated heterocycles. The molecule has 0 aromatic heterocycles. The van der Waals surface area contributed by atoms with Crippen LogP contribution in [-0.2, 0) is 0 Å². The summed E-state index contributed by atoms with van der Waals surface area (Å²) in [6.07, 6.45) is 5.93. The van der Waals surface area contributed by atoms with Crippen molar-refractivity contribution in [1.29, 1.82) is 0 Å². The van der Waals surface area contributed by atoms with Gasteiger partial charge < -0.3 is 10.1 Å². The zero-order chi connectivity index (χ0) is 13.9. The first kappa shape index (κ1) is 16.0. The summed E-state index contributed by atoms with van der Waals surface area (Å²) in [5, 5.41) is 3.57. The predicted octanol–water partition coefficient (Wildman–Crippen LogP) is 4.71. The molecule has 0 radical (unpaired) electrons. The standard InChI is InChI=1S/C17H29NO/c1-4-7-8-14-19-16-11-9-15(10-12-16)17(6-3)18-13-5-2/h9-12,17-18H,4-8,13-14H2,1-3H3. The van der Waals surface area contributed by atoms with E-state index in [2.05, 4.69) is 50.4 Å². The minimum atomic E-state index is 0.467. The van der Waals surface area contributed by atoms with Gasteiger partial charge in [0.15, 0.2) is 0 Å². The summed E-state index contributed by atoms with van der Waals surface area (Å²) >= 11 is 0. The summed E-state index contributed by atoms with van der Waals surface area (Å²) < 4.78 is 5.74. The lowest BCUT2D eigenvalue weighted by Gasteiger charge is -2.17. The van der Waals surface area contributed by atoms with Crippen LogP contribution in [-0.4, -0.2) is 13.2 Å². The molecule has 0 heterocycles. The van der Waals surface area contributed by atoms with Gasteiger partial charge in [-0.15, -0.1) is 0 Å². The molecular weight excluding hydrogens is 234 g/mol. The molecule has 0 spiro atoms. The predicted molar refractivity (Wildman–Crippen MR) is 82.8 cm³/mol. The lowest BCUT2D eigenvalue weighted by atomic mass is 10.0. The van der Waals surface area contributed by atoms with E-state index in [1.165, 1.54) is 24.8 Å². The van der Waals surface area contributed by atoms with Gasteiger partial charge in [0.1, 0.15) is 5.75 Å². The number of rotatable bonds is 10. The normalized spacial score (nSPS) is 12.4. The van der Waals surface area contributed by atoms with Crippen LogP contribution in [0.2, 0.25) is 0 Å². The molecule has 2 nitrogen and oxygen atoms in total. The molecule has 0 saturated carbocycles. The van der Waals surface area contributed by atoms with Crippen LogP contribution in [0.4, 0.5) is 0 Å². The Morgan fingerprint density at radius 3 is 2.32 bits per heavy atom. The first-order valence-corrected chi connectivity index (χ1v) is 7.77. The van der Waals surface area contributed by atoms with Crippen LogP contribution < -0.4 is 10.1 Å². The van der Waals surface area contributed by atoms with Crippen molar-refractivity contribution in [1.82, 2.24) is 5.32 Å². The zero-order valence-electron chi connectivity index (χ0n) is 12.7. The third-order valence-corrected chi connectivity index (χ3v) is 3.35. The summed E-state index contributed by atoms with van der Waals surface area (Å²) in [4.78, 5) is 0. The van der Waals surface area contributed by atoms with Crippen molar-refractivity contribution in [3.63, 3.8) is 0 Å². The highest BCUT2D eigenvalue weighted by Gasteiger charge is 2.07. The van der Waals surface area contributed by atoms with E-state index in [0.29, 0.717) is 6.04 Å². The van der Waals surface area contributed by atoms with E-state index in [4.69, 9.17) is 4.74 Å². The summed E-state index contributed by atoms with van der Waals surface area (Å²) in [6.45, 7) is 8.55. The fraction of sp³-hybridized carbons (Fsp3) is 0.647. The van der Waals surface area contributed by atoms with Gasteiger partial charge in [-0.2, -0.15) is 0 Å². The average molecular weight is 263 g/mol. The Morgan fingerprint density at radius 2 is 1.74 bits per heavy atom. The molecule has 1 N–H and O–H groups in total. The van der Waals surface area contributed by atoms with Crippen LogP contribution in [0.5, 0.6) is 5.75 Å². The molecule has 1 aromatic carbocycles. The molecule has 1 unspecified atom stereocenters. The smallest absolute Gasteiger partial charge is 0.119 e. The van der Waals surface area contributed by atoms with Crippen molar-refractivity contribution in [2.75, 3.05) is 13.2 Å². The molecule has 1 atom stereocenters. The fourth-order valence-electron chi connectivity index (χ4n) is 2.15. The van der Waals surface area contributed by atoms with Crippen LogP contribution in [0.15, 0.2) is 24.3 Å². The van der Waals surface area contributed by atoms with Gasteiger partial charge in [0.25, 0.3) is 0 Å². The van der Waals surface area contributed by atoms with Crippen molar-refractivity contribution in [2.24, 2.45) is 0 Å². The second-order valence-electron chi connectivity index (χ2n) is 5.04. The van der Waals surface area contributed by atoms with Gasteiger partial charge in [0.05, 0.1) is 6.61 Å². The van der Waals surface area contributed by atoms with E-state index < -0.39 is 0 Å². The van der Waals surface area contributed by atoms with Gasteiger partial charge in [-0.05, 0) is 43.5 Å². The fourth-order valence-corrected chi connectivity index (χ4v) is 2.15. The highest BCUT2D eigenvalue weighted by atomic mass is 16.5. The van der Waals surface area contributed by atoms with Crippen molar-refractivity contribution in [2.45, 2.75) is 58.9 Å². The lowest BCUT2D eigenvalue weighted by Crippen LogP contribution is -2.21. The highest BCUT2D eigenvalue weighted by Crippen LogP contribution is 2.20. The average Bonchev–Trinajstić information content (AvgIpc) is 2.46. The van der Waals surface area contributed by atoms with E-state index in [0.717, 1.165) is 31.7 Å². The summed E-state index contributed by atoms with van der Waals surface area (Å²) in [6, 6.07) is 9.03. The lowest BCUT2D eigenvalue weighted by molar-refractivity contribution is 0.306. The van der Waals surface area contributed by atoms with Crippen LogP contribution in [0, 0.1) is 0 Å². The molecule has 108 valence electrons. The largest absolute Gasteiger partial charge is 0.494 e. The zero-order valence-corrected chi connectivity index (χ0v) is 12.7. The van der Waals surface area contributed by atoms with Crippen molar-refractivity contribution < 1.29 is 4.74 Å². The van der Waals surface area contributed by atoms with Crippen molar-refractivity contribution in [3.05, 3.63) is 29.8 Å². The molecule has 0 amide bonds. The van der Waals surface area contributed by atoms with Crippen LogP contribution in [0.3, 0.4) is 0 Å². The van der Waals surface area contributed by atoms with Gasteiger partial charge in [0.2, 0.25) is 0 Å². The van der Waals surface area contributed by atoms with E-state index in [1.54, 1.807) is 0 Å². The maximum Gasteiger partial charge on any atom is 0.119 e. The van der Waals surface area contributed by atoms with Crippen molar-refractivity contribution >= 4 is 0 Å². The Bertz CT molecular complexity index is 321. The molecule has 0 fully saturated rings. The third kappa shape index (κ3) is 6.11. The maximum atomic E-state index is 5.74. The third-order valence-electron chi connectivity index (χ3n) is 3.35. The molecule has 2 heteroatoms. The minimum absolute atomic E-state index is 0.467. The van der Waals surface area contributed by atoms with E-state index >= 15 is 0 Å². The molecule has 0 aliphatic rings. The van der Waals surface area contributed by atoms with Gasteiger partial charge in [-0.1, -0.05) is 45.7 Å². The Kier molecular flexibility index (Phi) is 8.31. The minimum Gasteiger partial charge on any atom is -0.494 e. The Labute approximate surface area is 118 Å². The second-order valence-corrected chi connectivity index (χ2v) is 5.04. The van der Waals surface area contributed by atoms with E-state index in [9.17, 15) is 0 Å². The van der Waals surface area contributed by atoms with Gasteiger partial charge in [-0.3, -0.25) is 0 Å². The first-order chi connectivity index (χ1) is 9.31. The number of ether oxygens (including phenoxy) is 1. The number of benzene rings is 1. The number of unbranched alkanes of at least 4 members (excludes halogenated alkanes) is 2. The second kappa shape index (κ2) is 9.85. The molecule has 0 bridgehead atoms. The SMILES string of the molecule is CCCCCOc1ccc(C(CC)NCCC)cc1. The Morgan fingerprint density at radius 1 is 1.00 bits per heavy atom. The number of hydrogen-bond donors (Lipinski definition) is 1. The molecule has 0 aliphatic heterocycles. The highest BCUT2D eigenvalue weighted by molar-refractivity contribution is 5.29. The van der Waals surface area contributed by atoms with Crippen LogP contribution in [0.1, 0.15) is 64.5 Å². The summed E-state index contributed by atoms with van der Waals surface area (Å²) in [5.41, 5.74) is 1.36. The van der Waals surface area contributed by atoms with Crippen molar-refractivity contribution in [3.8, 4) is 5.75 Å². The quantitative estimate of drug-likeness (QED) is 0.617. The molecular formula is C17H29NO. The summed E-state index contributed by atoms with van der Waals surface area (Å²) in [5.74, 6) is 0.991. The number of hydrogen-bond acceptors (Lipinski definition) is 2. The van der Waals surface area contributed by atoms with E-state index in [-0.39, 0.29) is 0 Å². The first-order valence-electron chi connectivity index (χ1n) is 7.77. The van der Waals surface area contributed by atoms with Gasteiger partial charge in [-0.25, -0.2) is 0 Å². The van der Waals surface area contributed by atoms with Crippen LogP contribution >= 0.6 is 0 Å². The molecule has 19 heavy (non-hydrogen) atoms. The monoisotopic (exact) mass is 263 g/mol. The number of nitrogens with one attached hydrogen (secondary N) is 1. The molecule has 0 aliphatic carbocycles. The topological polar surface area (TPSA) is 21.3 Å². The Hall–Kier alpha value is -1.02. The van der Waals surface area contributed by atoms with Crippen LogP contribution in [0.25, 0.3) is 0 Å². The molecule has 1 rings (SSSR count). The summed E-state index contributed by atoms with van der Waals surface area (Å²) in [7, 11) is 0. The van der Waals surface area contributed by atoms with Gasteiger partial charge >= 0.3 is 0 Å².